The van der Waals surface area contributed by atoms with Gasteiger partial charge >= 0.3 is 0 Å². The molecule has 3 rings (SSSR count). The van der Waals surface area contributed by atoms with Crippen molar-refractivity contribution in [1.82, 2.24) is 5.32 Å². The summed E-state index contributed by atoms with van der Waals surface area (Å²) in [5, 5.41) is 3.20. The summed E-state index contributed by atoms with van der Waals surface area (Å²) in [7, 11) is 0. The van der Waals surface area contributed by atoms with Crippen LogP contribution in [0.25, 0.3) is 0 Å². The minimum Gasteiger partial charge on any atom is -0.493 e. The molecule has 2 aliphatic rings. The molecule has 0 radical (unpaired) electrons. The van der Waals surface area contributed by atoms with E-state index in [1.165, 1.54) is 32.1 Å². The zero-order valence-electron chi connectivity index (χ0n) is 12.9. The first-order chi connectivity index (χ1) is 10.7. The molecule has 0 bridgehead atoms. The van der Waals surface area contributed by atoms with Gasteiger partial charge in [-0.3, -0.25) is 4.79 Å². The van der Waals surface area contributed by atoms with Gasteiger partial charge in [-0.25, -0.2) is 0 Å². The Labute approximate surface area is 140 Å². The van der Waals surface area contributed by atoms with Crippen molar-refractivity contribution >= 4 is 21.8 Å². The third-order valence-electron chi connectivity index (χ3n) is 4.85. The molecule has 1 fully saturated rings. The highest BCUT2D eigenvalue weighted by Gasteiger charge is 2.23. The van der Waals surface area contributed by atoms with Crippen molar-refractivity contribution in [2.24, 2.45) is 5.92 Å². The average molecular weight is 366 g/mol. The normalized spacial score (nSPS) is 21.8. The molecule has 3 nitrogen and oxygen atoms in total. The van der Waals surface area contributed by atoms with Crippen molar-refractivity contribution in [3.8, 4) is 5.75 Å². The van der Waals surface area contributed by atoms with Crippen molar-refractivity contribution in [1.29, 1.82) is 0 Å². The number of halogens is 1. The molecule has 1 N–H and O–H groups in total. The zero-order chi connectivity index (χ0) is 15.4. The molecule has 1 amide bonds. The monoisotopic (exact) mass is 365 g/mol. The second kappa shape index (κ2) is 7.49. The molecule has 1 aliphatic carbocycles. The maximum absolute atomic E-state index is 12.3. The van der Waals surface area contributed by atoms with Crippen LogP contribution in [0.4, 0.5) is 0 Å². The quantitative estimate of drug-likeness (QED) is 0.835. The van der Waals surface area contributed by atoms with E-state index in [4.69, 9.17) is 4.74 Å². The molecular formula is C18H24BrNO2. The van der Waals surface area contributed by atoms with Crippen LogP contribution in [-0.2, 0) is 4.79 Å². The molecule has 1 heterocycles. The van der Waals surface area contributed by atoms with Crippen LogP contribution >= 0.6 is 15.9 Å². The Morgan fingerprint density at radius 3 is 2.86 bits per heavy atom. The van der Waals surface area contributed by atoms with Crippen molar-refractivity contribution in [2.45, 2.75) is 57.4 Å². The van der Waals surface area contributed by atoms with Gasteiger partial charge in [0.2, 0.25) is 5.91 Å². The van der Waals surface area contributed by atoms with Crippen LogP contribution in [0.2, 0.25) is 0 Å². The van der Waals surface area contributed by atoms with Gasteiger partial charge in [0.25, 0.3) is 0 Å². The highest BCUT2D eigenvalue weighted by atomic mass is 79.9. The molecule has 4 heteroatoms. The predicted octanol–water partition coefficient (Wildman–Crippen LogP) is 4.75. The van der Waals surface area contributed by atoms with E-state index in [1.54, 1.807) is 0 Å². The molecule has 1 atom stereocenters. The summed E-state index contributed by atoms with van der Waals surface area (Å²) >= 11 is 3.50. The summed E-state index contributed by atoms with van der Waals surface area (Å²) in [5.74, 6) is 1.84. The Balaban J connectivity index is 1.54. The summed E-state index contributed by atoms with van der Waals surface area (Å²) in [5.41, 5.74) is 1.09. The lowest BCUT2D eigenvalue weighted by Crippen LogP contribution is -2.32. The van der Waals surface area contributed by atoms with E-state index in [0.717, 1.165) is 34.5 Å². The molecule has 1 unspecified atom stereocenters. The van der Waals surface area contributed by atoms with Crippen LogP contribution in [0, 0.1) is 5.92 Å². The van der Waals surface area contributed by atoms with Crippen LogP contribution < -0.4 is 10.1 Å². The molecule has 1 saturated carbocycles. The summed E-state index contributed by atoms with van der Waals surface area (Å²) in [6, 6.07) is 6.09. The Hall–Kier alpha value is -1.03. The molecular weight excluding hydrogens is 342 g/mol. The van der Waals surface area contributed by atoms with Gasteiger partial charge in [0.1, 0.15) is 5.75 Å². The summed E-state index contributed by atoms with van der Waals surface area (Å²) < 4.78 is 6.70. The van der Waals surface area contributed by atoms with E-state index >= 15 is 0 Å². The number of benzene rings is 1. The fourth-order valence-electron chi connectivity index (χ4n) is 3.59. The number of hydrogen-bond acceptors (Lipinski definition) is 2. The van der Waals surface area contributed by atoms with Gasteiger partial charge in [0, 0.05) is 22.9 Å². The van der Waals surface area contributed by atoms with Crippen molar-refractivity contribution in [2.75, 3.05) is 6.61 Å². The van der Waals surface area contributed by atoms with Gasteiger partial charge in [-0.1, -0.05) is 48.0 Å². The molecule has 0 saturated heterocycles. The first kappa shape index (κ1) is 15.9. The molecule has 0 aromatic heterocycles. The van der Waals surface area contributed by atoms with E-state index in [1.807, 2.05) is 12.1 Å². The molecule has 1 aliphatic heterocycles. The van der Waals surface area contributed by atoms with E-state index in [9.17, 15) is 4.79 Å². The van der Waals surface area contributed by atoms with E-state index in [-0.39, 0.29) is 11.9 Å². The van der Waals surface area contributed by atoms with Crippen LogP contribution in [0.5, 0.6) is 5.75 Å². The van der Waals surface area contributed by atoms with Crippen LogP contribution in [-0.4, -0.2) is 12.5 Å². The number of carbonyl (C=O) groups is 1. The van der Waals surface area contributed by atoms with Crippen molar-refractivity contribution in [3.63, 3.8) is 0 Å². The van der Waals surface area contributed by atoms with Gasteiger partial charge in [0.05, 0.1) is 12.6 Å². The average Bonchev–Trinajstić information content (AvgIpc) is 2.54. The number of amides is 1. The summed E-state index contributed by atoms with van der Waals surface area (Å²) in [6.07, 6.45) is 9.21. The fraction of sp³-hybridized carbons (Fsp3) is 0.611. The lowest BCUT2D eigenvalue weighted by molar-refractivity contribution is -0.122. The molecule has 22 heavy (non-hydrogen) atoms. The van der Waals surface area contributed by atoms with Crippen LogP contribution in [0.3, 0.4) is 0 Å². The minimum atomic E-state index is 0.0834. The Morgan fingerprint density at radius 1 is 1.23 bits per heavy atom. The molecule has 0 spiro atoms. The van der Waals surface area contributed by atoms with Gasteiger partial charge in [-0.15, -0.1) is 0 Å². The summed E-state index contributed by atoms with van der Waals surface area (Å²) in [6.45, 7) is 0.669. The Bertz CT molecular complexity index is 526. The molecule has 120 valence electrons. The number of fused-ring (bicyclic) bond motifs is 1. The Kier molecular flexibility index (Phi) is 5.40. The van der Waals surface area contributed by atoms with E-state index in [2.05, 4.69) is 27.3 Å². The van der Waals surface area contributed by atoms with Gasteiger partial charge in [0.15, 0.2) is 0 Å². The molecule has 1 aromatic rings. The van der Waals surface area contributed by atoms with Crippen molar-refractivity contribution < 1.29 is 9.53 Å². The second-order valence-corrected chi connectivity index (χ2v) is 7.40. The second-order valence-electron chi connectivity index (χ2n) is 6.48. The zero-order valence-corrected chi connectivity index (χ0v) is 14.5. The minimum absolute atomic E-state index is 0.0834. The van der Waals surface area contributed by atoms with Gasteiger partial charge in [-0.05, 0) is 30.5 Å². The van der Waals surface area contributed by atoms with E-state index in [0.29, 0.717) is 13.0 Å². The smallest absolute Gasteiger partial charge is 0.220 e. The number of nitrogens with one attached hydrogen (secondary N) is 1. The lowest BCUT2D eigenvalue weighted by Gasteiger charge is -2.27. The number of ether oxygens (including phenoxy) is 1. The fourth-order valence-corrected chi connectivity index (χ4v) is 3.97. The standard InChI is InChI=1S/C18H24BrNO2/c19-14-7-8-17-15(12-14)16(10-11-22-17)20-18(21)9-6-13-4-2-1-3-5-13/h7-8,12-13,16H,1-6,9-11H2,(H,20,21). The number of rotatable bonds is 4. The van der Waals surface area contributed by atoms with Gasteiger partial charge in [-0.2, -0.15) is 0 Å². The van der Waals surface area contributed by atoms with Crippen molar-refractivity contribution in [3.05, 3.63) is 28.2 Å². The first-order valence-electron chi connectivity index (χ1n) is 8.44. The van der Waals surface area contributed by atoms with Gasteiger partial charge < -0.3 is 10.1 Å². The van der Waals surface area contributed by atoms with Crippen LogP contribution in [0.15, 0.2) is 22.7 Å². The third-order valence-corrected chi connectivity index (χ3v) is 5.34. The Morgan fingerprint density at radius 2 is 2.05 bits per heavy atom. The highest BCUT2D eigenvalue weighted by molar-refractivity contribution is 9.10. The largest absolute Gasteiger partial charge is 0.493 e. The predicted molar refractivity (Wildman–Crippen MR) is 90.9 cm³/mol. The topological polar surface area (TPSA) is 38.3 Å². The maximum atomic E-state index is 12.3. The summed E-state index contributed by atoms with van der Waals surface area (Å²) in [4.78, 5) is 12.3. The number of carbonyl (C=O) groups excluding carboxylic acids is 1. The number of hydrogen-bond donors (Lipinski definition) is 1. The first-order valence-corrected chi connectivity index (χ1v) is 9.23. The maximum Gasteiger partial charge on any atom is 0.220 e. The third kappa shape index (κ3) is 4.03. The molecule has 1 aromatic carbocycles. The van der Waals surface area contributed by atoms with Crippen LogP contribution in [0.1, 0.15) is 63.0 Å². The SMILES string of the molecule is O=C(CCC1CCCCC1)NC1CCOc2ccc(Br)cc21. The van der Waals surface area contributed by atoms with E-state index < -0.39 is 0 Å². The lowest BCUT2D eigenvalue weighted by atomic mass is 9.86. The highest BCUT2D eigenvalue weighted by Crippen LogP contribution is 2.34.